The molecule has 0 aliphatic carbocycles. The Morgan fingerprint density at radius 2 is 2.00 bits per heavy atom. The molecule has 5 nitrogen and oxygen atoms in total. The van der Waals surface area contributed by atoms with Gasteiger partial charge in [0.25, 0.3) is 5.69 Å². The van der Waals surface area contributed by atoms with Crippen LogP contribution in [-0.2, 0) is 0 Å². The van der Waals surface area contributed by atoms with Gasteiger partial charge in [-0.3, -0.25) is 10.1 Å². The van der Waals surface area contributed by atoms with Crippen LogP contribution in [0.3, 0.4) is 0 Å². The molecule has 0 saturated heterocycles. The van der Waals surface area contributed by atoms with E-state index in [1.165, 1.54) is 24.3 Å². The fourth-order valence-electron chi connectivity index (χ4n) is 1.61. The third-order valence-corrected chi connectivity index (χ3v) is 2.66. The molecule has 0 aliphatic rings. The second-order valence-corrected chi connectivity index (χ2v) is 4.06. The lowest BCUT2D eigenvalue weighted by Crippen LogP contribution is -1.94. The monoisotopic (exact) mass is 272 g/mol. The third kappa shape index (κ3) is 2.72. The number of nitro benzene ring substituents is 1. The molecule has 20 heavy (non-hydrogen) atoms. The van der Waals surface area contributed by atoms with Crippen molar-refractivity contribution < 1.29 is 14.1 Å². The molecule has 0 amide bonds. The van der Waals surface area contributed by atoms with Gasteiger partial charge in [0.05, 0.1) is 4.92 Å². The summed E-state index contributed by atoms with van der Waals surface area (Å²) in [6.45, 7) is 1.73. The number of rotatable bonds is 3. The van der Waals surface area contributed by atoms with Crippen LogP contribution in [-0.4, -0.2) is 4.92 Å². The van der Waals surface area contributed by atoms with E-state index in [9.17, 15) is 14.5 Å². The van der Waals surface area contributed by atoms with Gasteiger partial charge in [0.15, 0.2) is 0 Å². The molecule has 0 radical (unpaired) electrons. The smallest absolute Gasteiger partial charge is 0.271 e. The van der Waals surface area contributed by atoms with Gasteiger partial charge in [0, 0.05) is 18.2 Å². The second kappa shape index (κ2) is 5.36. The minimum Gasteiger partial charge on any atom is -0.456 e. The molecule has 0 bridgehead atoms. The van der Waals surface area contributed by atoms with Crippen molar-refractivity contribution in [2.24, 2.45) is 0 Å². The largest absolute Gasteiger partial charge is 0.456 e. The van der Waals surface area contributed by atoms with Crippen molar-refractivity contribution in [1.82, 2.24) is 0 Å². The van der Waals surface area contributed by atoms with Crippen LogP contribution in [0.25, 0.3) is 0 Å². The summed E-state index contributed by atoms with van der Waals surface area (Å²) in [6, 6.07) is 9.52. The number of nitriles is 1. The quantitative estimate of drug-likeness (QED) is 0.630. The van der Waals surface area contributed by atoms with E-state index in [1.807, 2.05) is 6.07 Å². The molecular formula is C14H9FN2O3. The Labute approximate surface area is 114 Å². The fraction of sp³-hybridized carbons (Fsp3) is 0.0714. The Balaban J connectivity index is 2.41. The Morgan fingerprint density at radius 1 is 1.25 bits per heavy atom. The predicted octanol–water partition coefficient (Wildman–Crippen LogP) is 3.71. The van der Waals surface area contributed by atoms with Crippen molar-refractivity contribution >= 4 is 5.69 Å². The van der Waals surface area contributed by atoms with Crippen LogP contribution in [0.4, 0.5) is 10.1 Å². The lowest BCUT2D eigenvalue weighted by molar-refractivity contribution is -0.384. The van der Waals surface area contributed by atoms with Gasteiger partial charge >= 0.3 is 0 Å². The summed E-state index contributed by atoms with van der Waals surface area (Å²) in [6.07, 6.45) is 0. The maximum Gasteiger partial charge on any atom is 0.271 e. The zero-order valence-electron chi connectivity index (χ0n) is 10.5. The molecule has 100 valence electrons. The molecule has 0 spiro atoms. The van der Waals surface area contributed by atoms with Gasteiger partial charge in [-0.25, -0.2) is 4.39 Å². The molecule has 2 aromatic carbocycles. The number of ether oxygens (including phenoxy) is 1. The highest BCUT2D eigenvalue weighted by molar-refractivity contribution is 5.52. The van der Waals surface area contributed by atoms with Crippen LogP contribution < -0.4 is 4.74 Å². The number of hydrogen-bond acceptors (Lipinski definition) is 4. The normalized spacial score (nSPS) is 9.85. The highest BCUT2D eigenvalue weighted by Crippen LogP contribution is 2.30. The van der Waals surface area contributed by atoms with Gasteiger partial charge in [-0.1, -0.05) is 6.07 Å². The number of nitro groups is 1. The Morgan fingerprint density at radius 3 is 2.65 bits per heavy atom. The van der Waals surface area contributed by atoms with Crippen molar-refractivity contribution in [2.75, 3.05) is 0 Å². The van der Waals surface area contributed by atoms with Crippen LogP contribution in [0.5, 0.6) is 11.5 Å². The molecule has 0 heterocycles. The number of hydrogen-bond donors (Lipinski definition) is 0. The highest BCUT2D eigenvalue weighted by atomic mass is 19.1. The minimum atomic E-state index is -0.599. The van der Waals surface area contributed by atoms with Gasteiger partial charge in [0.2, 0.25) is 0 Å². The van der Waals surface area contributed by atoms with Crippen LogP contribution in [0.1, 0.15) is 11.1 Å². The van der Waals surface area contributed by atoms with E-state index >= 15 is 0 Å². The lowest BCUT2D eigenvalue weighted by Gasteiger charge is -2.09. The summed E-state index contributed by atoms with van der Waals surface area (Å²) in [5.41, 5.74) is 0.501. The molecule has 0 saturated carbocycles. The number of benzene rings is 2. The predicted molar refractivity (Wildman–Crippen MR) is 69.0 cm³/mol. The summed E-state index contributed by atoms with van der Waals surface area (Å²) in [5, 5.41) is 19.6. The van der Waals surface area contributed by atoms with Gasteiger partial charge in [-0.15, -0.1) is 0 Å². The average molecular weight is 272 g/mol. The summed E-state index contributed by atoms with van der Waals surface area (Å²) in [5.74, 6) is -0.0619. The molecule has 0 aromatic heterocycles. The van der Waals surface area contributed by atoms with E-state index < -0.39 is 10.7 Å². The molecule has 0 fully saturated rings. The Kier molecular flexibility index (Phi) is 3.62. The van der Waals surface area contributed by atoms with Crippen LogP contribution in [0, 0.1) is 34.2 Å². The SMILES string of the molecule is Cc1ccc(F)cc1Oc1ccc([N+](=O)[O-])cc1C#N. The lowest BCUT2D eigenvalue weighted by atomic mass is 10.2. The highest BCUT2D eigenvalue weighted by Gasteiger charge is 2.13. The molecule has 0 unspecified atom stereocenters. The first-order chi connectivity index (χ1) is 9.51. The number of nitrogens with zero attached hydrogens (tertiary/aromatic N) is 2. The standard InChI is InChI=1S/C14H9FN2O3/c1-9-2-3-11(15)7-14(9)20-13-5-4-12(17(18)19)6-10(13)8-16/h2-7H,1H3. The number of non-ortho nitro benzene ring substituents is 1. The van der Waals surface area contributed by atoms with Crippen molar-refractivity contribution in [3.05, 3.63) is 63.5 Å². The maximum absolute atomic E-state index is 13.2. The maximum atomic E-state index is 13.2. The zero-order chi connectivity index (χ0) is 14.7. The average Bonchev–Trinajstić information content (AvgIpc) is 2.43. The molecule has 0 atom stereocenters. The van der Waals surface area contributed by atoms with E-state index in [-0.39, 0.29) is 22.7 Å². The molecule has 2 rings (SSSR count). The number of aryl methyl sites for hydroxylation is 1. The zero-order valence-corrected chi connectivity index (χ0v) is 10.5. The van der Waals surface area contributed by atoms with E-state index in [1.54, 1.807) is 13.0 Å². The van der Waals surface area contributed by atoms with E-state index in [2.05, 4.69) is 0 Å². The van der Waals surface area contributed by atoms with Crippen LogP contribution in [0.15, 0.2) is 36.4 Å². The summed E-state index contributed by atoms with van der Waals surface area (Å²) in [7, 11) is 0. The second-order valence-electron chi connectivity index (χ2n) is 4.06. The van der Waals surface area contributed by atoms with Gasteiger partial charge < -0.3 is 4.74 Å². The van der Waals surface area contributed by atoms with Gasteiger partial charge in [0.1, 0.15) is 28.9 Å². The van der Waals surface area contributed by atoms with Crippen molar-refractivity contribution in [2.45, 2.75) is 6.92 Å². The first-order valence-corrected chi connectivity index (χ1v) is 5.64. The molecule has 0 N–H and O–H groups in total. The van der Waals surface area contributed by atoms with Crippen LogP contribution in [0.2, 0.25) is 0 Å². The molecule has 0 aliphatic heterocycles. The van der Waals surface area contributed by atoms with E-state index in [0.717, 1.165) is 6.07 Å². The van der Waals surface area contributed by atoms with E-state index in [0.29, 0.717) is 5.56 Å². The van der Waals surface area contributed by atoms with Gasteiger partial charge in [-0.05, 0) is 24.6 Å². The first-order valence-electron chi connectivity index (χ1n) is 5.64. The number of halogens is 1. The minimum absolute atomic E-state index is 0.0165. The van der Waals surface area contributed by atoms with Crippen LogP contribution >= 0.6 is 0 Å². The molecule has 2 aromatic rings. The molecule has 6 heteroatoms. The van der Waals surface area contributed by atoms with Crippen molar-refractivity contribution in [1.29, 1.82) is 5.26 Å². The summed E-state index contributed by atoms with van der Waals surface area (Å²) in [4.78, 5) is 10.0. The van der Waals surface area contributed by atoms with E-state index in [4.69, 9.17) is 10.00 Å². The molecular weight excluding hydrogens is 263 g/mol. The summed E-state index contributed by atoms with van der Waals surface area (Å²) < 4.78 is 18.6. The van der Waals surface area contributed by atoms with Gasteiger partial charge in [-0.2, -0.15) is 5.26 Å². The summed E-state index contributed by atoms with van der Waals surface area (Å²) >= 11 is 0. The Hall–Kier alpha value is -2.94. The Bertz CT molecular complexity index is 723. The van der Waals surface area contributed by atoms with Crippen molar-refractivity contribution in [3.8, 4) is 17.6 Å². The fourth-order valence-corrected chi connectivity index (χ4v) is 1.61. The first kappa shape index (κ1) is 13.5. The topological polar surface area (TPSA) is 76.2 Å². The third-order valence-electron chi connectivity index (χ3n) is 2.66. The van der Waals surface area contributed by atoms with Crippen molar-refractivity contribution in [3.63, 3.8) is 0 Å².